The molecule has 0 spiro atoms. The summed E-state index contributed by atoms with van der Waals surface area (Å²) >= 11 is 5.17. The van der Waals surface area contributed by atoms with Gasteiger partial charge in [-0.1, -0.05) is 12.1 Å². The molecule has 1 aromatic carbocycles. The number of aliphatic hydroxyl groups is 1. The maximum absolute atomic E-state index is 10.3. The predicted molar refractivity (Wildman–Crippen MR) is 86.3 cm³/mol. The Morgan fingerprint density at radius 1 is 1.40 bits per heavy atom. The summed E-state index contributed by atoms with van der Waals surface area (Å²) in [5.74, 6) is 0.770. The second-order valence-corrected chi connectivity index (χ2v) is 6.63. The van der Waals surface area contributed by atoms with Gasteiger partial charge >= 0.3 is 0 Å². The van der Waals surface area contributed by atoms with Gasteiger partial charge in [0, 0.05) is 27.8 Å². The minimum absolute atomic E-state index is 0.515. The van der Waals surface area contributed by atoms with Crippen molar-refractivity contribution in [3.05, 3.63) is 50.6 Å². The van der Waals surface area contributed by atoms with E-state index < -0.39 is 6.10 Å². The fourth-order valence-corrected chi connectivity index (χ4v) is 3.55. The van der Waals surface area contributed by atoms with E-state index in [1.165, 1.54) is 4.88 Å². The van der Waals surface area contributed by atoms with Crippen molar-refractivity contribution in [1.29, 1.82) is 0 Å². The molecule has 0 aliphatic heterocycles. The van der Waals surface area contributed by atoms with Gasteiger partial charge in [0.2, 0.25) is 0 Å². The highest BCUT2D eigenvalue weighted by Crippen LogP contribution is 2.23. The first kappa shape index (κ1) is 15.5. The van der Waals surface area contributed by atoms with Gasteiger partial charge < -0.3 is 9.84 Å². The fourth-order valence-electron chi connectivity index (χ4n) is 2.02. The summed E-state index contributed by atoms with van der Waals surface area (Å²) in [6.07, 6.45) is -0.515. The minimum atomic E-state index is -0.515. The van der Waals surface area contributed by atoms with Crippen LogP contribution in [0.5, 0.6) is 5.75 Å². The highest BCUT2D eigenvalue weighted by atomic mass is 79.9. The van der Waals surface area contributed by atoms with Crippen LogP contribution in [0.1, 0.15) is 16.5 Å². The zero-order valence-electron chi connectivity index (χ0n) is 11.5. The SMILES string of the molecule is COc1cccc(C(O)CN(C)Cc2cc(Br)cs2)c1. The van der Waals surface area contributed by atoms with Crippen molar-refractivity contribution in [1.82, 2.24) is 4.90 Å². The smallest absolute Gasteiger partial charge is 0.119 e. The van der Waals surface area contributed by atoms with Crippen molar-refractivity contribution in [3.8, 4) is 5.75 Å². The third kappa shape index (κ3) is 4.31. The molecule has 2 aromatic rings. The van der Waals surface area contributed by atoms with Crippen LogP contribution in [0.4, 0.5) is 0 Å². The summed E-state index contributed by atoms with van der Waals surface area (Å²) in [6, 6.07) is 9.68. The van der Waals surface area contributed by atoms with E-state index in [0.717, 1.165) is 22.3 Å². The molecule has 1 N–H and O–H groups in total. The Hall–Kier alpha value is -0.880. The van der Waals surface area contributed by atoms with E-state index in [1.54, 1.807) is 18.4 Å². The molecule has 0 radical (unpaired) electrons. The number of thiophene rings is 1. The summed E-state index contributed by atoms with van der Waals surface area (Å²) in [7, 11) is 3.64. The van der Waals surface area contributed by atoms with Gasteiger partial charge in [-0.25, -0.2) is 0 Å². The van der Waals surface area contributed by atoms with E-state index in [-0.39, 0.29) is 0 Å². The van der Waals surface area contributed by atoms with Crippen LogP contribution in [0.15, 0.2) is 40.2 Å². The summed E-state index contributed by atoms with van der Waals surface area (Å²) in [6.45, 7) is 1.42. The third-order valence-corrected chi connectivity index (χ3v) is 4.69. The van der Waals surface area contributed by atoms with Crippen LogP contribution in [0, 0.1) is 0 Å². The summed E-state index contributed by atoms with van der Waals surface area (Å²) < 4.78 is 6.29. The van der Waals surface area contributed by atoms with Crippen molar-refractivity contribution in [3.63, 3.8) is 0 Å². The lowest BCUT2D eigenvalue weighted by Gasteiger charge is -2.20. The molecule has 2 rings (SSSR count). The van der Waals surface area contributed by atoms with Crippen molar-refractivity contribution in [2.45, 2.75) is 12.6 Å². The molecule has 1 aromatic heterocycles. The number of aliphatic hydroxyl groups excluding tert-OH is 1. The largest absolute Gasteiger partial charge is 0.497 e. The zero-order chi connectivity index (χ0) is 14.5. The molecule has 0 aliphatic carbocycles. The van der Waals surface area contributed by atoms with E-state index in [9.17, 15) is 5.11 Å². The van der Waals surface area contributed by atoms with Crippen LogP contribution in [-0.4, -0.2) is 30.7 Å². The van der Waals surface area contributed by atoms with Gasteiger partial charge in [-0.15, -0.1) is 11.3 Å². The summed E-state index contributed by atoms with van der Waals surface area (Å²) in [4.78, 5) is 3.39. The first-order valence-corrected chi connectivity index (χ1v) is 7.99. The van der Waals surface area contributed by atoms with Crippen molar-refractivity contribution < 1.29 is 9.84 Å². The Balaban J connectivity index is 1.94. The maximum atomic E-state index is 10.3. The molecule has 20 heavy (non-hydrogen) atoms. The number of methoxy groups -OCH3 is 1. The first-order chi connectivity index (χ1) is 9.58. The number of ether oxygens (including phenoxy) is 1. The molecular weight excluding hydrogens is 338 g/mol. The van der Waals surface area contributed by atoms with Gasteiger partial charge in [0.1, 0.15) is 5.75 Å². The van der Waals surface area contributed by atoms with E-state index in [0.29, 0.717) is 6.54 Å². The Morgan fingerprint density at radius 2 is 2.20 bits per heavy atom. The first-order valence-electron chi connectivity index (χ1n) is 6.32. The van der Waals surface area contributed by atoms with Crippen LogP contribution in [-0.2, 0) is 6.54 Å². The van der Waals surface area contributed by atoms with Crippen LogP contribution in [0.3, 0.4) is 0 Å². The summed E-state index contributed by atoms with van der Waals surface area (Å²) in [5.41, 5.74) is 0.878. The standard InChI is InChI=1S/C15H18BrNO2S/c1-17(8-14-7-12(16)10-20-14)9-15(18)11-4-3-5-13(6-11)19-2/h3-7,10,15,18H,8-9H2,1-2H3. The monoisotopic (exact) mass is 355 g/mol. The fraction of sp³-hybridized carbons (Fsp3) is 0.333. The van der Waals surface area contributed by atoms with Crippen molar-refractivity contribution in [2.24, 2.45) is 0 Å². The van der Waals surface area contributed by atoms with E-state index >= 15 is 0 Å². The molecule has 1 heterocycles. The second-order valence-electron chi connectivity index (χ2n) is 4.72. The Kier molecular flexibility index (Phi) is 5.60. The Morgan fingerprint density at radius 3 is 2.85 bits per heavy atom. The molecule has 3 nitrogen and oxygen atoms in total. The molecule has 108 valence electrons. The van der Waals surface area contributed by atoms with Gasteiger partial charge in [-0.05, 0) is 46.7 Å². The van der Waals surface area contributed by atoms with Gasteiger partial charge in [0.15, 0.2) is 0 Å². The molecule has 1 atom stereocenters. The van der Waals surface area contributed by atoms with Crippen LogP contribution < -0.4 is 4.74 Å². The van der Waals surface area contributed by atoms with E-state index in [2.05, 4.69) is 32.3 Å². The number of nitrogens with zero attached hydrogens (tertiary/aromatic N) is 1. The molecule has 0 fully saturated rings. The van der Waals surface area contributed by atoms with Crippen LogP contribution in [0.25, 0.3) is 0 Å². The molecule has 0 aliphatic rings. The average Bonchev–Trinajstić information content (AvgIpc) is 2.83. The molecule has 0 amide bonds. The minimum Gasteiger partial charge on any atom is -0.497 e. The molecule has 0 bridgehead atoms. The van der Waals surface area contributed by atoms with E-state index in [1.807, 2.05) is 31.3 Å². The molecular formula is C15H18BrNO2S. The van der Waals surface area contributed by atoms with Gasteiger partial charge in [-0.2, -0.15) is 0 Å². The number of likely N-dealkylation sites (N-methyl/N-ethyl adjacent to an activating group) is 1. The van der Waals surface area contributed by atoms with Crippen molar-refractivity contribution >= 4 is 27.3 Å². The maximum Gasteiger partial charge on any atom is 0.119 e. The van der Waals surface area contributed by atoms with Gasteiger partial charge in [-0.3, -0.25) is 4.90 Å². The molecule has 0 saturated carbocycles. The number of hydrogen-bond acceptors (Lipinski definition) is 4. The highest BCUT2D eigenvalue weighted by molar-refractivity contribution is 9.10. The van der Waals surface area contributed by atoms with E-state index in [4.69, 9.17) is 4.74 Å². The van der Waals surface area contributed by atoms with Gasteiger partial charge in [0.05, 0.1) is 13.2 Å². The lowest BCUT2D eigenvalue weighted by molar-refractivity contribution is 0.124. The quantitative estimate of drug-likeness (QED) is 0.857. The number of halogens is 1. The van der Waals surface area contributed by atoms with Crippen LogP contribution in [0.2, 0.25) is 0 Å². The van der Waals surface area contributed by atoms with Crippen LogP contribution >= 0.6 is 27.3 Å². The number of benzene rings is 1. The zero-order valence-corrected chi connectivity index (χ0v) is 13.9. The molecule has 1 unspecified atom stereocenters. The second kappa shape index (κ2) is 7.22. The Labute approximate surface area is 131 Å². The normalized spacial score (nSPS) is 12.7. The lowest BCUT2D eigenvalue weighted by Crippen LogP contribution is -2.23. The molecule has 5 heteroatoms. The van der Waals surface area contributed by atoms with Gasteiger partial charge in [0.25, 0.3) is 0 Å². The summed E-state index contributed by atoms with van der Waals surface area (Å²) in [5, 5.41) is 12.4. The topological polar surface area (TPSA) is 32.7 Å². The predicted octanol–water partition coefficient (Wildman–Crippen LogP) is 3.68. The molecule has 0 saturated heterocycles. The highest BCUT2D eigenvalue weighted by Gasteiger charge is 2.12. The Bertz CT molecular complexity index is 558. The number of rotatable bonds is 6. The average molecular weight is 356 g/mol. The number of hydrogen-bond donors (Lipinski definition) is 1. The van der Waals surface area contributed by atoms with Crippen molar-refractivity contribution in [2.75, 3.05) is 20.7 Å². The third-order valence-electron chi connectivity index (χ3n) is 3.01. The lowest BCUT2D eigenvalue weighted by atomic mass is 10.1.